The van der Waals surface area contributed by atoms with Gasteiger partial charge in [0.1, 0.15) is 11.5 Å². The number of aryl methyl sites for hydroxylation is 2. The molecule has 2 N–H and O–H groups in total. The fourth-order valence-electron chi connectivity index (χ4n) is 4.04. The van der Waals surface area contributed by atoms with Crippen molar-refractivity contribution in [2.45, 2.75) is 50.5 Å². The molecule has 0 spiro atoms. The van der Waals surface area contributed by atoms with Crippen molar-refractivity contribution in [1.82, 2.24) is 29.7 Å². The van der Waals surface area contributed by atoms with Crippen LogP contribution in [0.5, 0.6) is 0 Å². The van der Waals surface area contributed by atoms with Gasteiger partial charge in [-0.05, 0) is 49.6 Å². The first-order valence-corrected chi connectivity index (χ1v) is 12.8. The fourth-order valence-corrected chi connectivity index (χ4v) is 5.57. The number of hydrazine groups is 1. The highest BCUT2D eigenvalue weighted by Crippen LogP contribution is 2.25. The molecule has 3 heterocycles. The van der Waals surface area contributed by atoms with Crippen LogP contribution in [0.4, 0.5) is 0 Å². The highest BCUT2D eigenvalue weighted by molar-refractivity contribution is 7.89. The van der Waals surface area contributed by atoms with E-state index in [0.29, 0.717) is 37.4 Å². The van der Waals surface area contributed by atoms with Crippen molar-refractivity contribution in [2.24, 2.45) is 0 Å². The Kier molecular flexibility index (Phi) is 7.23. The average molecular weight is 485 g/mol. The summed E-state index contributed by atoms with van der Waals surface area (Å²) in [7, 11) is -3.54. The second kappa shape index (κ2) is 10.3. The van der Waals surface area contributed by atoms with Crippen molar-refractivity contribution in [3.8, 4) is 0 Å². The maximum absolute atomic E-state index is 12.9. The van der Waals surface area contributed by atoms with Crippen molar-refractivity contribution in [2.75, 3.05) is 13.1 Å². The average Bonchev–Trinajstić information content (AvgIpc) is 3.51. The Bertz CT molecular complexity index is 1280. The lowest BCUT2D eigenvalue weighted by molar-refractivity contribution is -0.121. The molecule has 3 aromatic rings. The zero-order chi connectivity index (χ0) is 24.1. The molecule has 34 heavy (non-hydrogen) atoms. The third kappa shape index (κ3) is 5.10. The van der Waals surface area contributed by atoms with Crippen LogP contribution in [0.3, 0.4) is 0 Å². The van der Waals surface area contributed by atoms with Gasteiger partial charge in [-0.3, -0.25) is 25.4 Å². The van der Waals surface area contributed by atoms with Crippen LogP contribution in [-0.4, -0.2) is 52.2 Å². The van der Waals surface area contributed by atoms with Crippen molar-refractivity contribution in [3.05, 3.63) is 54.1 Å². The van der Waals surface area contributed by atoms with E-state index < -0.39 is 15.9 Å². The smallest absolute Gasteiger partial charge is 0.288 e. The van der Waals surface area contributed by atoms with Crippen LogP contribution >= 0.6 is 0 Å². The minimum atomic E-state index is -3.54. The van der Waals surface area contributed by atoms with Gasteiger partial charge >= 0.3 is 0 Å². The van der Waals surface area contributed by atoms with Gasteiger partial charge in [-0.25, -0.2) is 13.4 Å². The number of hydrogen-bond acceptors (Lipinski definition) is 6. The van der Waals surface area contributed by atoms with Gasteiger partial charge in [0.05, 0.1) is 15.9 Å². The molecule has 0 unspecified atom stereocenters. The second-order valence-electron chi connectivity index (χ2n) is 8.16. The molecule has 180 valence electrons. The van der Waals surface area contributed by atoms with E-state index in [0.717, 1.165) is 24.8 Å². The summed E-state index contributed by atoms with van der Waals surface area (Å²) in [4.78, 5) is 33.2. The fraction of sp³-hybridized carbons (Fsp3) is 0.391. The Morgan fingerprint density at radius 1 is 1.09 bits per heavy atom. The third-order valence-electron chi connectivity index (χ3n) is 5.74. The summed E-state index contributed by atoms with van der Waals surface area (Å²) in [6, 6.07) is 9.97. The quantitative estimate of drug-likeness (QED) is 0.471. The Balaban J connectivity index is 1.46. The molecule has 10 nitrogen and oxygen atoms in total. The molecule has 1 aromatic carbocycles. The first-order valence-electron chi connectivity index (χ1n) is 11.4. The van der Waals surface area contributed by atoms with Crippen LogP contribution in [0.2, 0.25) is 0 Å². The highest BCUT2D eigenvalue weighted by atomic mass is 32.2. The molecule has 0 radical (unpaired) electrons. The number of hydrogen-bond donors (Lipinski definition) is 2. The number of sulfonamides is 1. The Hall–Kier alpha value is -3.31. The lowest BCUT2D eigenvalue weighted by atomic mass is 10.2. The monoisotopic (exact) mass is 484 g/mol. The molecule has 0 aliphatic carbocycles. The number of rotatable bonds is 8. The number of nitrogens with one attached hydrogen (secondary N) is 2. The van der Waals surface area contributed by atoms with E-state index in [9.17, 15) is 18.0 Å². The van der Waals surface area contributed by atoms with E-state index in [4.69, 9.17) is 0 Å². The number of carbonyl (C=O) groups is 2. The maximum atomic E-state index is 12.9. The van der Waals surface area contributed by atoms with Gasteiger partial charge in [-0.15, -0.1) is 0 Å². The number of imidazole rings is 1. The second-order valence-corrected chi connectivity index (χ2v) is 10.1. The Labute approximate surface area is 198 Å². The van der Waals surface area contributed by atoms with Gasteiger partial charge < -0.3 is 4.57 Å². The molecule has 1 fully saturated rings. The van der Waals surface area contributed by atoms with Crippen LogP contribution in [-0.2, 0) is 27.8 Å². The van der Waals surface area contributed by atoms with Crippen LogP contribution in [0.15, 0.2) is 47.5 Å². The standard InChI is InChI=1S/C23H28N6O4S/c1-2-13-29-20-9-8-17(34(32,33)28-14-5-6-15-28)16-19(20)25-21(29)10-11-22(30)26-27-23(31)18-7-3-4-12-24-18/h3-4,7-9,12,16H,2,5-6,10-11,13-15H2,1H3,(H,26,30)(H,27,31). The minimum absolute atomic E-state index is 0.106. The predicted octanol–water partition coefficient (Wildman–Crippen LogP) is 2.02. The Morgan fingerprint density at radius 3 is 2.59 bits per heavy atom. The molecule has 0 atom stereocenters. The lowest BCUT2D eigenvalue weighted by Gasteiger charge is -2.15. The summed E-state index contributed by atoms with van der Waals surface area (Å²) in [5.41, 5.74) is 6.37. The summed E-state index contributed by atoms with van der Waals surface area (Å²) in [5, 5.41) is 0. The summed E-state index contributed by atoms with van der Waals surface area (Å²) in [5.74, 6) is -0.172. The van der Waals surface area contributed by atoms with Crippen LogP contribution < -0.4 is 10.9 Å². The predicted molar refractivity (Wildman–Crippen MR) is 126 cm³/mol. The summed E-state index contributed by atoms with van der Waals surface area (Å²) < 4.78 is 29.4. The molecule has 4 rings (SSSR count). The zero-order valence-electron chi connectivity index (χ0n) is 19.0. The molecule has 0 bridgehead atoms. The number of fused-ring (bicyclic) bond motifs is 1. The molecule has 1 saturated heterocycles. The van der Waals surface area contributed by atoms with Crippen molar-refractivity contribution >= 4 is 32.9 Å². The number of amides is 2. The lowest BCUT2D eigenvalue weighted by Crippen LogP contribution is -2.42. The largest absolute Gasteiger partial charge is 0.328 e. The first kappa shape index (κ1) is 23.8. The van der Waals surface area contributed by atoms with Gasteiger partial charge in [-0.2, -0.15) is 4.31 Å². The zero-order valence-corrected chi connectivity index (χ0v) is 19.8. The third-order valence-corrected chi connectivity index (χ3v) is 7.63. The summed E-state index contributed by atoms with van der Waals surface area (Å²) in [6.45, 7) is 3.83. The molecule has 2 aromatic heterocycles. The molecule has 0 saturated carbocycles. The van der Waals surface area contributed by atoms with Crippen molar-refractivity contribution in [1.29, 1.82) is 0 Å². The Morgan fingerprint density at radius 2 is 1.88 bits per heavy atom. The first-order chi connectivity index (χ1) is 16.4. The number of aromatic nitrogens is 3. The molecule has 11 heteroatoms. The van der Waals surface area contributed by atoms with E-state index in [1.54, 1.807) is 36.4 Å². The molecular formula is C23H28N6O4S. The van der Waals surface area contributed by atoms with E-state index in [2.05, 4.69) is 20.8 Å². The van der Waals surface area contributed by atoms with E-state index in [-0.39, 0.29) is 22.9 Å². The van der Waals surface area contributed by atoms with E-state index in [1.807, 2.05) is 11.5 Å². The van der Waals surface area contributed by atoms with Crippen molar-refractivity contribution in [3.63, 3.8) is 0 Å². The minimum Gasteiger partial charge on any atom is -0.328 e. The van der Waals surface area contributed by atoms with Gasteiger partial charge in [0, 0.05) is 38.7 Å². The van der Waals surface area contributed by atoms with Crippen molar-refractivity contribution < 1.29 is 18.0 Å². The summed E-state index contributed by atoms with van der Waals surface area (Å²) in [6.07, 6.45) is 4.56. The highest BCUT2D eigenvalue weighted by Gasteiger charge is 2.28. The number of nitrogens with zero attached hydrogens (tertiary/aromatic N) is 4. The van der Waals surface area contributed by atoms with Gasteiger partial charge in [0.2, 0.25) is 15.9 Å². The molecule has 1 aliphatic heterocycles. The van der Waals surface area contributed by atoms with Gasteiger partial charge in [0.15, 0.2) is 0 Å². The maximum Gasteiger partial charge on any atom is 0.288 e. The normalized spacial score (nSPS) is 14.4. The number of carbonyl (C=O) groups excluding carboxylic acids is 2. The molecule has 2 amide bonds. The number of benzene rings is 1. The van der Waals surface area contributed by atoms with Crippen LogP contribution in [0, 0.1) is 0 Å². The SMILES string of the molecule is CCCn1c(CCC(=O)NNC(=O)c2ccccn2)nc2cc(S(=O)(=O)N3CCCC3)ccc21. The molecular weight excluding hydrogens is 456 g/mol. The summed E-state index contributed by atoms with van der Waals surface area (Å²) >= 11 is 0. The van der Waals surface area contributed by atoms with Crippen LogP contribution in [0.25, 0.3) is 11.0 Å². The van der Waals surface area contributed by atoms with E-state index in [1.165, 1.54) is 10.5 Å². The molecule has 1 aliphatic rings. The van der Waals surface area contributed by atoms with Crippen LogP contribution in [0.1, 0.15) is 48.9 Å². The number of pyridine rings is 1. The van der Waals surface area contributed by atoms with E-state index >= 15 is 0 Å². The van der Waals surface area contributed by atoms with Gasteiger partial charge in [0.25, 0.3) is 5.91 Å². The van der Waals surface area contributed by atoms with Gasteiger partial charge in [-0.1, -0.05) is 13.0 Å². The topological polar surface area (TPSA) is 126 Å².